The first-order chi connectivity index (χ1) is 15.9. The summed E-state index contributed by atoms with van der Waals surface area (Å²) in [7, 11) is 0. The van der Waals surface area contributed by atoms with E-state index in [2.05, 4.69) is 20.0 Å². The summed E-state index contributed by atoms with van der Waals surface area (Å²) in [4.78, 5) is 31.0. The van der Waals surface area contributed by atoms with Crippen LogP contribution in [-0.4, -0.2) is 70.6 Å². The minimum absolute atomic E-state index is 0.0873. The van der Waals surface area contributed by atoms with Crippen LogP contribution in [0, 0.1) is 5.92 Å². The number of likely N-dealkylation sites (tertiary alicyclic amines) is 1. The number of fused-ring (bicyclic) bond motifs is 1. The topological polar surface area (TPSA) is 72.5 Å². The van der Waals surface area contributed by atoms with Crippen molar-refractivity contribution in [3.63, 3.8) is 0 Å². The lowest BCUT2D eigenvalue weighted by Gasteiger charge is -2.36. The average molecular weight is 490 g/mol. The van der Waals surface area contributed by atoms with E-state index in [0.717, 1.165) is 62.3 Å². The number of nitrogens with one attached hydrogen (secondary N) is 1. The smallest absolute Gasteiger partial charge is 0.226 e. The van der Waals surface area contributed by atoms with Gasteiger partial charge < -0.3 is 14.7 Å². The van der Waals surface area contributed by atoms with Crippen molar-refractivity contribution in [3.8, 4) is 0 Å². The first-order valence-electron chi connectivity index (χ1n) is 11.7. The Labute approximate surface area is 204 Å². The van der Waals surface area contributed by atoms with E-state index in [4.69, 9.17) is 23.2 Å². The summed E-state index contributed by atoms with van der Waals surface area (Å²) < 4.78 is 0. The van der Waals surface area contributed by atoms with Crippen molar-refractivity contribution in [2.45, 2.75) is 45.1 Å². The summed E-state index contributed by atoms with van der Waals surface area (Å²) in [6, 6.07) is 4.14. The van der Waals surface area contributed by atoms with Crippen molar-refractivity contribution in [1.29, 1.82) is 0 Å². The number of benzene rings is 1. The highest BCUT2D eigenvalue weighted by molar-refractivity contribution is 6.36. The Kier molecular flexibility index (Phi) is 6.27. The summed E-state index contributed by atoms with van der Waals surface area (Å²) in [5, 5.41) is 8.47. The lowest BCUT2D eigenvalue weighted by atomic mass is 9.92. The minimum atomic E-state index is -0.0873. The SMILES string of the molecule is CC(=O)N1CCN(c2cc(Cl)c(C[C@@H]3CCN([C@H]4CCc5n[nH]cc5C4)C3=O)c(Cl)c2)CC1. The number of nitrogens with zero attached hydrogens (tertiary/aromatic N) is 4. The van der Waals surface area contributed by atoms with E-state index in [-0.39, 0.29) is 23.8 Å². The van der Waals surface area contributed by atoms with Gasteiger partial charge in [0, 0.05) is 73.5 Å². The lowest BCUT2D eigenvalue weighted by molar-refractivity contribution is -0.133. The predicted octanol–water partition coefficient (Wildman–Crippen LogP) is 3.33. The van der Waals surface area contributed by atoms with Crippen LogP contribution in [0.1, 0.15) is 36.6 Å². The number of rotatable bonds is 4. The zero-order valence-electron chi connectivity index (χ0n) is 18.8. The van der Waals surface area contributed by atoms with Crippen molar-refractivity contribution >= 4 is 40.7 Å². The monoisotopic (exact) mass is 489 g/mol. The highest BCUT2D eigenvalue weighted by Gasteiger charge is 2.38. The summed E-state index contributed by atoms with van der Waals surface area (Å²) in [5.41, 5.74) is 4.18. The highest BCUT2D eigenvalue weighted by atomic mass is 35.5. The second kappa shape index (κ2) is 9.18. The van der Waals surface area contributed by atoms with Crippen molar-refractivity contribution in [1.82, 2.24) is 20.0 Å². The zero-order valence-corrected chi connectivity index (χ0v) is 20.3. The van der Waals surface area contributed by atoms with Gasteiger partial charge in [-0.25, -0.2) is 0 Å². The number of anilines is 1. The third-order valence-corrected chi connectivity index (χ3v) is 8.11. The molecular weight excluding hydrogens is 461 g/mol. The van der Waals surface area contributed by atoms with Gasteiger partial charge in [-0.15, -0.1) is 0 Å². The van der Waals surface area contributed by atoms with E-state index < -0.39 is 0 Å². The molecule has 0 unspecified atom stereocenters. The molecule has 9 heteroatoms. The Morgan fingerprint density at radius 2 is 1.85 bits per heavy atom. The molecule has 7 nitrogen and oxygen atoms in total. The Balaban J connectivity index is 1.24. The fraction of sp³-hybridized carbons (Fsp3) is 0.542. The molecular formula is C24H29Cl2N5O2. The van der Waals surface area contributed by atoms with Crippen LogP contribution in [0.3, 0.4) is 0 Å². The van der Waals surface area contributed by atoms with Gasteiger partial charge in [0.15, 0.2) is 0 Å². The molecule has 176 valence electrons. The average Bonchev–Trinajstić information content (AvgIpc) is 3.42. The van der Waals surface area contributed by atoms with Crippen LogP contribution < -0.4 is 4.90 Å². The molecule has 0 radical (unpaired) electrons. The number of carbonyl (C=O) groups is 2. The predicted molar refractivity (Wildman–Crippen MR) is 129 cm³/mol. The summed E-state index contributed by atoms with van der Waals surface area (Å²) in [5.74, 6) is 0.231. The molecule has 2 aromatic rings. The second-order valence-corrected chi connectivity index (χ2v) is 10.2. The van der Waals surface area contributed by atoms with Crippen molar-refractivity contribution < 1.29 is 9.59 Å². The van der Waals surface area contributed by atoms with Gasteiger partial charge in [-0.2, -0.15) is 5.10 Å². The van der Waals surface area contributed by atoms with Crippen LogP contribution in [0.25, 0.3) is 0 Å². The van der Waals surface area contributed by atoms with Crippen LogP contribution in [0.5, 0.6) is 0 Å². The molecule has 1 aliphatic carbocycles. The summed E-state index contributed by atoms with van der Waals surface area (Å²) in [6.07, 6.45) is 6.10. The number of H-pyrrole nitrogens is 1. The van der Waals surface area contributed by atoms with E-state index in [1.165, 1.54) is 5.56 Å². The summed E-state index contributed by atoms with van der Waals surface area (Å²) >= 11 is 13.4. The van der Waals surface area contributed by atoms with Gasteiger partial charge >= 0.3 is 0 Å². The first-order valence-corrected chi connectivity index (χ1v) is 12.5. The third kappa shape index (κ3) is 4.45. The standard InChI is InChI=1S/C24H29Cl2N5O2/c1-15(32)29-6-8-30(9-7-29)19-12-21(25)20(22(26)13-19)11-16-4-5-31(24(16)33)18-2-3-23-17(10-18)14-27-28-23/h12-14,16,18H,2-11H2,1H3,(H,27,28)/t16-,18-/m0/s1. The molecule has 2 aliphatic heterocycles. The normalized spacial score (nSPS) is 23.2. The lowest BCUT2D eigenvalue weighted by Crippen LogP contribution is -2.48. The molecule has 2 fully saturated rings. The van der Waals surface area contributed by atoms with Gasteiger partial charge in [0.05, 0.1) is 5.69 Å². The number of hydrogen-bond donors (Lipinski definition) is 1. The quantitative estimate of drug-likeness (QED) is 0.714. The molecule has 2 saturated heterocycles. The van der Waals surface area contributed by atoms with Crippen LogP contribution in [0.4, 0.5) is 5.69 Å². The highest BCUT2D eigenvalue weighted by Crippen LogP contribution is 2.36. The number of aromatic nitrogens is 2. The van der Waals surface area contributed by atoms with Gasteiger partial charge in [-0.05, 0) is 55.4 Å². The molecule has 0 saturated carbocycles. The first kappa shape index (κ1) is 22.5. The molecule has 1 aromatic heterocycles. The molecule has 0 spiro atoms. The maximum atomic E-state index is 13.3. The van der Waals surface area contributed by atoms with Crippen molar-refractivity contribution in [3.05, 3.63) is 45.2 Å². The fourth-order valence-electron chi connectivity index (χ4n) is 5.47. The molecule has 2 atom stereocenters. The van der Waals surface area contributed by atoms with Gasteiger partial charge in [-0.3, -0.25) is 14.7 Å². The largest absolute Gasteiger partial charge is 0.368 e. The Morgan fingerprint density at radius 3 is 2.55 bits per heavy atom. The number of aryl methyl sites for hydroxylation is 1. The van der Waals surface area contributed by atoms with Gasteiger partial charge in [0.25, 0.3) is 0 Å². The van der Waals surface area contributed by atoms with E-state index in [1.54, 1.807) is 6.92 Å². The number of aromatic amines is 1. The van der Waals surface area contributed by atoms with Crippen LogP contribution >= 0.6 is 23.2 Å². The molecule has 1 N–H and O–H groups in total. The molecule has 5 rings (SSSR count). The molecule has 2 amide bonds. The van der Waals surface area contributed by atoms with Gasteiger partial charge in [0.1, 0.15) is 0 Å². The number of amides is 2. The van der Waals surface area contributed by atoms with Gasteiger partial charge in [0.2, 0.25) is 11.8 Å². The Morgan fingerprint density at radius 1 is 1.12 bits per heavy atom. The number of carbonyl (C=O) groups excluding carboxylic acids is 2. The molecule has 3 aliphatic rings. The zero-order chi connectivity index (χ0) is 23.1. The van der Waals surface area contributed by atoms with Crippen LogP contribution in [0.15, 0.2) is 18.3 Å². The van der Waals surface area contributed by atoms with Crippen LogP contribution in [0.2, 0.25) is 10.0 Å². The Hall–Kier alpha value is -2.25. The molecule has 33 heavy (non-hydrogen) atoms. The van der Waals surface area contributed by atoms with E-state index in [1.807, 2.05) is 23.2 Å². The van der Waals surface area contributed by atoms with Crippen molar-refractivity contribution in [2.24, 2.45) is 5.92 Å². The maximum absolute atomic E-state index is 13.3. The van der Waals surface area contributed by atoms with E-state index >= 15 is 0 Å². The van der Waals surface area contributed by atoms with Crippen LogP contribution in [-0.2, 0) is 28.9 Å². The molecule has 3 heterocycles. The third-order valence-electron chi connectivity index (χ3n) is 7.44. The number of halogens is 2. The fourth-order valence-corrected chi connectivity index (χ4v) is 6.10. The van der Waals surface area contributed by atoms with E-state index in [0.29, 0.717) is 29.6 Å². The number of hydrogen-bond acceptors (Lipinski definition) is 4. The number of piperazine rings is 1. The van der Waals surface area contributed by atoms with Crippen molar-refractivity contribution in [2.75, 3.05) is 37.6 Å². The van der Waals surface area contributed by atoms with E-state index in [9.17, 15) is 9.59 Å². The molecule has 1 aromatic carbocycles. The Bertz CT molecular complexity index is 1040. The second-order valence-electron chi connectivity index (χ2n) is 9.36. The molecule has 0 bridgehead atoms. The minimum Gasteiger partial charge on any atom is -0.368 e. The summed E-state index contributed by atoms with van der Waals surface area (Å²) in [6.45, 7) is 5.28. The maximum Gasteiger partial charge on any atom is 0.226 e. The van der Waals surface area contributed by atoms with Gasteiger partial charge in [-0.1, -0.05) is 23.2 Å².